The summed E-state index contributed by atoms with van der Waals surface area (Å²) in [4.78, 5) is 0. The molecule has 0 aromatic heterocycles. The van der Waals surface area contributed by atoms with Crippen molar-refractivity contribution >= 4 is 25.9 Å². The minimum Gasteiger partial charge on any atom is -0.496 e. The number of hydrogen-bond acceptors (Lipinski definition) is 10. The Labute approximate surface area is 239 Å². The lowest BCUT2D eigenvalue weighted by molar-refractivity contribution is 0.296. The third-order valence-corrected chi connectivity index (χ3v) is 6.74. The predicted octanol–water partition coefficient (Wildman–Crippen LogP) is 4.88. The maximum Gasteiger partial charge on any atom is 0.306 e. The van der Waals surface area contributed by atoms with E-state index in [1.54, 1.807) is 36.4 Å². The smallest absolute Gasteiger partial charge is 0.306 e. The van der Waals surface area contributed by atoms with E-state index >= 15 is 0 Å². The Morgan fingerprint density at radius 2 is 1.29 bits per heavy atom. The van der Waals surface area contributed by atoms with Crippen LogP contribution in [0.4, 0.5) is 5.69 Å². The minimum absolute atomic E-state index is 0.103. The Balaban J connectivity index is 1.93. The van der Waals surface area contributed by atoms with Gasteiger partial charge in [0, 0.05) is 11.3 Å². The molecule has 4 aromatic rings. The topological polar surface area (TPSA) is 140 Å². The van der Waals surface area contributed by atoms with Crippen LogP contribution in [0, 0.1) is 0 Å². The summed E-state index contributed by atoms with van der Waals surface area (Å²) >= 11 is 0. The molecule has 216 valence electrons. The number of hydrogen-bond donors (Lipinski definition) is 1. The summed E-state index contributed by atoms with van der Waals surface area (Å²) in [6, 6.07) is 22.3. The monoisotopic (exact) mass is 599 g/mol. The molecule has 0 saturated heterocycles. The maximum absolute atomic E-state index is 12.4. The Morgan fingerprint density at radius 1 is 0.659 bits per heavy atom. The van der Waals surface area contributed by atoms with Gasteiger partial charge in [-0.1, -0.05) is 48.5 Å². The number of benzene rings is 4. The van der Waals surface area contributed by atoms with Gasteiger partial charge in [-0.3, -0.25) is 0 Å². The molecule has 0 heterocycles. The van der Waals surface area contributed by atoms with Gasteiger partial charge >= 0.3 is 20.2 Å². The van der Waals surface area contributed by atoms with Gasteiger partial charge in [0.25, 0.3) is 0 Å². The van der Waals surface area contributed by atoms with E-state index in [2.05, 4.69) is 0 Å². The van der Waals surface area contributed by atoms with Crippen molar-refractivity contribution < 1.29 is 39.4 Å². The molecule has 0 bridgehead atoms. The van der Waals surface area contributed by atoms with E-state index in [4.69, 9.17) is 28.3 Å². The second kappa shape index (κ2) is 12.0. The van der Waals surface area contributed by atoms with E-state index in [1.807, 2.05) is 30.3 Å². The Morgan fingerprint density at radius 3 is 1.88 bits per heavy atom. The zero-order chi connectivity index (χ0) is 29.8. The van der Waals surface area contributed by atoms with Gasteiger partial charge < -0.3 is 28.3 Å². The van der Waals surface area contributed by atoms with E-state index in [1.165, 1.54) is 26.4 Å². The fraction of sp³-hybridized carbons (Fsp3) is 0.172. The molecule has 10 nitrogen and oxygen atoms in total. The lowest BCUT2D eigenvalue weighted by atomic mass is 9.96. The van der Waals surface area contributed by atoms with Crippen molar-refractivity contribution in [1.82, 2.24) is 0 Å². The summed E-state index contributed by atoms with van der Waals surface area (Å²) in [7, 11) is -5.25. The molecule has 41 heavy (non-hydrogen) atoms. The quantitative estimate of drug-likeness (QED) is 0.187. The second-order valence-electron chi connectivity index (χ2n) is 9.00. The summed E-state index contributed by atoms with van der Waals surface area (Å²) < 4.78 is 77.1. The maximum atomic E-state index is 12.4. The molecule has 0 radical (unpaired) electrons. The van der Waals surface area contributed by atoms with Crippen molar-refractivity contribution in [1.29, 1.82) is 0 Å². The minimum atomic E-state index is -4.06. The number of anilines is 1. The van der Waals surface area contributed by atoms with Crippen LogP contribution >= 0.6 is 0 Å². The third-order valence-electron chi connectivity index (χ3n) is 5.79. The van der Waals surface area contributed by atoms with Crippen molar-refractivity contribution in [2.75, 3.05) is 32.5 Å². The van der Waals surface area contributed by atoms with Gasteiger partial charge in [-0.2, -0.15) is 16.8 Å². The normalized spacial score (nSPS) is 11.5. The van der Waals surface area contributed by atoms with Gasteiger partial charge in [-0.25, -0.2) is 0 Å². The van der Waals surface area contributed by atoms with Gasteiger partial charge in [0.15, 0.2) is 23.0 Å². The summed E-state index contributed by atoms with van der Waals surface area (Å²) in [5.74, 6) is 0.197. The molecule has 2 N–H and O–H groups in total. The zero-order valence-electron chi connectivity index (χ0n) is 22.8. The molecule has 0 atom stereocenters. The van der Waals surface area contributed by atoms with Gasteiger partial charge in [0.05, 0.1) is 32.3 Å². The number of ether oxygens (including phenoxy) is 3. The molecule has 4 rings (SSSR count). The van der Waals surface area contributed by atoms with Gasteiger partial charge in [-0.15, -0.1) is 0 Å². The van der Waals surface area contributed by atoms with Crippen LogP contribution < -0.4 is 28.3 Å². The molecule has 0 aliphatic rings. The Kier molecular flexibility index (Phi) is 8.64. The van der Waals surface area contributed by atoms with E-state index in [0.29, 0.717) is 22.4 Å². The summed E-state index contributed by atoms with van der Waals surface area (Å²) in [5, 5.41) is 0. The van der Waals surface area contributed by atoms with Gasteiger partial charge in [-0.05, 0) is 47.0 Å². The lowest BCUT2D eigenvalue weighted by Gasteiger charge is -2.21. The highest BCUT2D eigenvalue weighted by Crippen LogP contribution is 2.51. The van der Waals surface area contributed by atoms with Crippen LogP contribution in [0.3, 0.4) is 0 Å². The first kappa shape index (κ1) is 29.6. The summed E-state index contributed by atoms with van der Waals surface area (Å²) in [6.45, 7) is 0.149. The largest absolute Gasteiger partial charge is 0.496 e. The molecule has 0 saturated carbocycles. The first-order chi connectivity index (χ1) is 19.4. The van der Waals surface area contributed by atoms with Crippen molar-refractivity contribution in [2.45, 2.75) is 6.61 Å². The fourth-order valence-corrected chi connectivity index (χ4v) is 5.03. The van der Waals surface area contributed by atoms with Crippen molar-refractivity contribution in [3.05, 3.63) is 84.4 Å². The molecule has 12 heteroatoms. The number of rotatable bonds is 11. The van der Waals surface area contributed by atoms with Crippen LogP contribution in [-0.4, -0.2) is 43.6 Å². The summed E-state index contributed by atoms with van der Waals surface area (Å²) in [6.07, 6.45) is 1.81. The van der Waals surface area contributed by atoms with Gasteiger partial charge in [0.2, 0.25) is 0 Å². The molecule has 0 spiro atoms. The van der Waals surface area contributed by atoms with Crippen molar-refractivity contribution in [3.63, 3.8) is 0 Å². The Bertz CT molecular complexity index is 1750. The molecule has 0 aliphatic carbocycles. The third kappa shape index (κ3) is 7.41. The number of nitrogen functional groups attached to an aromatic ring is 1. The average molecular weight is 600 g/mol. The molecule has 0 unspecified atom stereocenters. The average Bonchev–Trinajstić information content (AvgIpc) is 2.91. The van der Waals surface area contributed by atoms with E-state index < -0.39 is 20.2 Å². The fourth-order valence-electron chi connectivity index (χ4n) is 4.11. The highest BCUT2D eigenvalue weighted by molar-refractivity contribution is 7.86. The molecular formula is C29H29NO9S2. The van der Waals surface area contributed by atoms with Crippen LogP contribution in [0.5, 0.6) is 28.7 Å². The van der Waals surface area contributed by atoms with Crippen LogP contribution in [0.15, 0.2) is 78.9 Å². The number of nitrogens with two attached hydrogens (primary N) is 1. The van der Waals surface area contributed by atoms with Crippen LogP contribution in [-0.2, 0) is 26.8 Å². The molecular weight excluding hydrogens is 570 g/mol. The highest BCUT2D eigenvalue weighted by atomic mass is 32.2. The van der Waals surface area contributed by atoms with Crippen molar-refractivity contribution in [3.8, 4) is 51.0 Å². The van der Waals surface area contributed by atoms with Crippen LogP contribution in [0.1, 0.15) is 5.56 Å². The lowest BCUT2D eigenvalue weighted by Crippen LogP contribution is -2.10. The standard InChI is InChI=1S/C29H29NO9S2/c1-35-26-17-23(20-10-13-22(30)14-11-20)28(36-2)29(39-41(4,33)34)27(26)21-12-15-24(25(16-21)38-40(3,31)32)37-18-19-8-6-5-7-9-19/h5-17H,18,30H2,1-4H3. The predicted molar refractivity (Wildman–Crippen MR) is 157 cm³/mol. The molecule has 0 aliphatic heterocycles. The van der Waals surface area contributed by atoms with Gasteiger partial charge in [0.1, 0.15) is 12.4 Å². The SMILES string of the molecule is COc1cc(-c2ccc(N)cc2)c(OC)c(OS(C)(=O)=O)c1-c1ccc(OCc2ccccc2)c(OS(C)(=O)=O)c1. The van der Waals surface area contributed by atoms with Crippen LogP contribution in [0.2, 0.25) is 0 Å². The Hall–Kier alpha value is -4.42. The number of methoxy groups -OCH3 is 2. The molecule has 4 aromatic carbocycles. The molecule has 0 amide bonds. The van der Waals surface area contributed by atoms with E-state index in [-0.39, 0.29) is 40.9 Å². The second-order valence-corrected chi connectivity index (χ2v) is 12.1. The van der Waals surface area contributed by atoms with Crippen LogP contribution in [0.25, 0.3) is 22.3 Å². The first-order valence-corrected chi connectivity index (χ1v) is 15.8. The van der Waals surface area contributed by atoms with E-state index in [9.17, 15) is 16.8 Å². The van der Waals surface area contributed by atoms with Crippen molar-refractivity contribution in [2.24, 2.45) is 0 Å². The molecule has 0 fully saturated rings. The zero-order valence-corrected chi connectivity index (χ0v) is 24.4. The summed E-state index contributed by atoms with van der Waals surface area (Å²) in [5.41, 5.74) is 8.87. The van der Waals surface area contributed by atoms with E-state index in [0.717, 1.165) is 18.1 Å². The first-order valence-electron chi connectivity index (χ1n) is 12.1. The highest BCUT2D eigenvalue weighted by Gasteiger charge is 2.27.